The Morgan fingerprint density at radius 3 is 2.39 bits per heavy atom. The molecule has 3 unspecified atom stereocenters. The largest absolute Gasteiger partial charge is 0.480 e. The number of aromatic nitrogens is 1. The van der Waals surface area contributed by atoms with Gasteiger partial charge in [0.05, 0.1) is 5.57 Å². The number of rotatable bonds is 6. The Kier molecular flexibility index (Phi) is 7.59. The fourth-order valence-electron chi connectivity index (χ4n) is 3.78. The highest BCUT2D eigenvalue weighted by molar-refractivity contribution is 5.71. The molecule has 0 amide bonds. The van der Waals surface area contributed by atoms with E-state index in [4.69, 9.17) is 4.74 Å². The van der Waals surface area contributed by atoms with Crippen molar-refractivity contribution in [3.8, 4) is 0 Å². The summed E-state index contributed by atoms with van der Waals surface area (Å²) in [5, 5.41) is 11.2. The van der Waals surface area contributed by atoms with Gasteiger partial charge in [-0.05, 0) is 48.2 Å². The molecule has 0 spiro atoms. The van der Waals surface area contributed by atoms with Gasteiger partial charge in [-0.2, -0.15) is 0 Å². The van der Waals surface area contributed by atoms with Crippen molar-refractivity contribution in [2.45, 2.75) is 52.2 Å². The maximum atomic E-state index is 13.4. The Bertz CT molecular complexity index is 1010. The van der Waals surface area contributed by atoms with Gasteiger partial charge >= 0.3 is 0 Å². The number of ether oxygens (including phenoxy) is 1. The Morgan fingerprint density at radius 1 is 1.03 bits per heavy atom. The number of pyridine rings is 1. The van der Waals surface area contributed by atoms with E-state index in [2.05, 4.69) is 31.0 Å². The molecular formula is C27H30FNO2. The third-order valence-corrected chi connectivity index (χ3v) is 5.60. The van der Waals surface area contributed by atoms with E-state index in [9.17, 15) is 9.50 Å². The number of aliphatic hydroxyl groups excluding tert-OH is 1. The second-order valence-electron chi connectivity index (χ2n) is 7.42. The summed E-state index contributed by atoms with van der Waals surface area (Å²) in [7, 11) is 0. The van der Waals surface area contributed by atoms with Crippen LogP contribution in [0.25, 0.3) is 5.76 Å². The number of aliphatic hydroxyl groups is 1. The second kappa shape index (κ2) is 10.4. The van der Waals surface area contributed by atoms with Gasteiger partial charge < -0.3 is 9.84 Å². The lowest BCUT2D eigenvalue weighted by atomic mass is 9.82. The molecule has 4 heteroatoms. The van der Waals surface area contributed by atoms with Gasteiger partial charge in [-0.15, -0.1) is 0 Å². The molecule has 0 aliphatic carbocycles. The maximum Gasteiger partial charge on any atom is 0.152 e. The first-order valence-corrected chi connectivity index (χ1v) is 10.9. The van der Waals surface area contributed by atoms with Crippen LogP contribution in [0.4, 0.5) is 4.39 Å². The molecule has 3 aromatic rings. The fourth-order valence-corrected chi connectivity index (χ4v) is 3.78. The molecule has 0 saturated carbocycles. The average Bonchev–Trinajstić information content (AvgIpc) is 2.81. The molecular weight excluding hydrogens is 389 g/mol. The SMILES string of the molecule is CC.CCC(C)c1ccccc1C1OC(c2ccc(F)cc2)=C1C(O)c1cccnc1. The summed E-state index contributed by atoms with van der Waals surface area (Å²) in [5.41, 5.74) is 4.51. The van der Waals surface area contributed by atoms with Crippen LogP contribution < -0.4 is 0 Å². The highest BCUT2D eigenvalue weighted by atomic mass is 19.1. The first-order valence-electron chi connectivity index (χ1n) is 10.9. The van der Waals surface area contributed by atoms with E-state index in [0.29, 0.717) is 17.2 Å². The molecule has 3 atom stereocenters. The van der Waals surface area contributed by atoms with Crippen molar-refractivity contribution in [2.75, 3.05) is 0 Å². The van der Waals surface area contributed by atoms with Crippen molar-refractivity contribution in [1.82, 2.24) is 4.98 Å². The van der Waals surface area contributed by atoms with Crippen molar-refractivity contribution in [3.63, 3.8) is 0 Å². The van der Waals surface area contributed by atoms with Crippen LogP contribution in [0.2, 0.25) is 0 Å². The van der Waals surface area contributed by atoms with Crippen LogP contribution >= 0.6 is 0 Å². The highest BCUT2D eigenvalue weighted by Crippen LogP contribution is 2.51. The first-order chi connectivity index (χ1) is 15.1. The minimum atomic E-state index is -0.854. The lowest BCUT2D eigenvalue weighted by molar-refractivity contribution is 0.0931. The Morgan fingerprint density at radius 2 is 1.74 bits per heavy atom. The zero-order chi connectivity index (χ0) is 22.4. The van der Waals surface area contributed by atoms with Crippen molar-refractivity contribution < 1.29 is 14.2 Å². The lowest BCUT2D eigenvalue weighted by Crippen LogP contribution is -2.25. The van der Waals surface area contributed by atoms with Crippen molar-refractivity contribution in [1.29, 1.82) is 0 Å². The van der Waals surface area contributed by atoms with Gasteiger partial charge in [0.25, 0.3) is 0 Å². The molecule has 2 aromatic carbocycles. The summed E-state index contributed by atoms with van der Waals surface area (Å²) in [6.45, 7) is 8.35. The first kappa shape index (κ1) is 22.7. The topological polar surface area (TPSA) is 42.4 Å². The summed E-state index contributed by atoms with van der Waals surface area (Å²) in [6.07, 6.45) is 3.15. The molecule has 1 aromatic heterocycles. The van der Waals surface area contributed by atoms with Gasteiger partial charge in [0, 0.05) is 29.1 Å². The normalized spacial score (nSPS) is 17.0. The lowest BCUT2D eigenvalue weighted by Gasteiger charge is -2.38. The molecule has 0 bridgehead atoms. The fraction of sp³-hybridized carbons (Fsp3) is 0.296. The minimum Gasteiger partial charge on any atom is -0.480 e. The predicted molar refractivity (Wildman–Crippen MR) is 123 cm³/mol. The van der Waals surface area contributed by atoms with E-state index in [0.717, 1.165) is 23.1 Å². The second-order valence-corrected chi connectivity index (χ2v) is 7.42. The van der Waals surface area contributed by atoms with Crippen LogP contribution in [0, 0.1) is 5.82 Å². The van der Waals surface area contributed by atoms with E-state index < -0.39 is 6.10 Å². The van der Waals surface area contributed by atoms with Crippen LogP contribution in [0.1, 0.15) is 74.5 Å². The van der Waals surface area contributed by atoms with Crippen molar-refractivity contribution >= 4 is 5.76 Å². The Hall–Kier alpha value is -2.98. The summed E-state index contributed by atoms with van der Waals surface area (Å²) in [6, 6.07) is 18.0. The molecule has 2 heterocycles. The summed E-state index contributed by atoms with van der Waals surface area (Å²) in [4.78, 5) is 4.14. The van der Waals surface area contributed by atoms with Crippen LogP contribution in [0.5, 0.6) is 0 Å². The molecule has 1 N–H and O–H groups in total. The third-order valence-electron chi connectivity index (χ3n) is 5.60. The van der Waals surface area contributed by atoms with Gasteiger partial charge in [0.15, 0.2) is 6.10 Å². The van der Waals surface area contributed by atoms with E-state index in [1.807, 2.05) is 32.0 Å². The van der Waals surface area contributed by atoms with Crippen LogP contribution in [-0.4, -0.2) is 10.1 Å². The number of hydrogen-bond donors (Lipinski definition) is 1. The Balaban J connectivity index is 0.00000132. The van der Waals surface area contributed by atoms with Gasteiger partial charge in [-0.1, -0.05) is 58.0 Å². The molecule has 4 rings (SSSR count). The molecule has 0 radical (unpaired) electrons. The number of hydrogen-bond acceptors (Lipinski definition) is 3. The number of nitrogens with zero attached hydrogens (tertiary/aromatic N) is 1. The Labute approximate surface area is 184 Å². The zero-order valence-electron chi connectivity index (χ0n) is 18.5. The molecule has 1 aliphatic heterocycles. The highest BCUT2D eigenvalue weighted by Gasteiger charge is 2.40. The monoisotopic (exact) mass is 419 g/mol. The summed E-state index contributed by atoms with van der Waals surface area (Å²) >= 11 is 0. The molecule has 0 fully saturated rings. The van der Waals surface area contributed by atoms with Crippen molar-refractivity contribution in [3.05, 3.63) is 107 Å². The third kappa shape index (κ3) is 4.70. The van der Waals surface area contributed by atoms with Gasteiger partial charge in [-0.25, -0.2) is 4.39 Å². The van der Waals surface area contributed by atoms with E-state index >= 15 is 0 Å². The number of halogens is 1. The zero-order valence-corrected chi connectivity index (χ0v) is 18.5. The molecule has 3 nitrogen and oxygen atoms in total. The van der Waals surface area contributed by atoms with Crippen LogP contribution in [-0.2, 0) is 4.74 Å². The van der Waals surface area contributed by atoms with E-state index in [1.54, 1.807) is 30.6 Å². The van der Waals surface area contributed by atoms with Crippen molar-refractivity contribution in [2.24, 2.45) is 0 Å². The quantitative estimate of drug-likeness (QED) is 0.469. The van der Waals surface area contributed by atoms with Gasteiger partial charge in [0.1, 0.15) is 17.7 Å². The smallest absolute Gasteiger partial charge is 0.152 e. The van der Waals surface area contributed by atoms with E-state index in [1.165, 1.54) is 17.7 Å². The molecule has 162 valence electrons. The minimum absolute atomic E-state index is 0.304. The maximum absolute atomic E-state index is 13.4. The van der Waals surface area contributed by atoms with Crippen LogP contribution in [0.15, 0.2) is 78.6 Å². The number of benzene rings is 2. The molecule has 0 saturated heterocycles. The molecule has 31 heavy (non-hydrogen) atoms. The standard InChI is InChI=1S/C25H24FNO2.C2H6/c1-3-16(2)20-8-4-5-9-21(20)25-22(23(28)18-7-6-14-27-15-18)24(29-25)17-10-12-19(26)13-11-17;1-2/h4-16,23,25,28H,3H2,1-2H3;1-2H3. The summed E-state index contributed by atoms with van der Waals surface area (Å²) < 4.78 is 19.6. The molecule has 1 aliphatic rings. The van der Waals surface area contributed by atoms with Gasteiger partial charge in [0.2, 0.25) is 0 Å². The van der Waals surface area contributed by atoms with Crippen LogP contribution in [0.3, 0.4) is 0 Å². The van der Waals surface area contributed by atoms with E-state index in [-0.39, 0.29) is 11.9 Å². The summed E-state index contributed by atoms with van der Waals surface area (Å²) in [5.74, 6) is 0.675. The average molecular weight is 420 g/mol. The van der Waals surface area contributed by atoms with Gasteiger partial charge in [-0.3, -0.25) is 4.98 Å². The predicted octanol–water partition coefficient (Wildman–Crippen LogP) is 6.98.